The zero-order chi connectivity index (χ0) is 18.5. The lowest BCUT2D eigenvalue weighted by Crippen LogP contribution is -2.43. The molecule has 3 N–H and O–H groups in total. The summed E-state index contributed by atoms with van der Waals surface area (Å²) in [5.41, 5.74) is 11.7. The van der Waals surface area contributed by atoms with Crippen LogP contribution in [0.1, 0.15) is 16.7 Å². The molecule has 1 aliphatic carbocycles. The van der Waals surface area contributed by atoms with Crippen LogP contribution in [0.2, 0.25) is 0 Å². The molecule has 2 aromatic rings. The van der Waals surface area contributed by atoms with Gasteiger partial charge < -0.3 is 20.5 Å². The number of carbonyl (C=O) groups excluding carboxylic acids is 2. The number of carbonyl (C=O) groups is 2. The van der Waals surface area contributed by atoms with Crippen LogP contribution in [0.15, 0.2) is 42.5 Å². The van der Waals surface area contributed by atoms with Gasteiger partial charge in [-0.3, -0.25) is 9.59 Å². The average molecular weight is 354 g/mol. The number of ether oxygens (including phenoxy) is 2. The Morgan fingerprint density at radius 2 is 1.92 bits per heavy atom. The molecule has 1 aliphatic rings. The van der Waals surface area contributed by atoms with Crippen molar-refractivity contribution in [2.24, 2.45) is 5.73 Å². The van der Waals surface area contributed by atoms with Gasteiger partial charge in [-0.05, 0) is 34.2 Å². The van der Waals surface area contributed by atoms with Gasteiger partial charge in [0.25, 0.3) is 0 Å². The summed E-state index contributed by atoms with van der Waals surface area (Å²) < 4.78 is 9.89. The fourth-order valence-electron chi connectivity index (χ4n) is 3.10. The van der Waals surface area contributed by atoms with Gasteiger partial charge in [0.05, 0.1) is 13.7 Å². The van der Waals surface area contributed by atoms with E-state index in [4.69, 9.17) is 10.5 Å². The molecule has 6 heteroatoms. The van der Waals surface area contributed by atoms with Gasteiger partial charge in [-0.2, -0.15) is 0 Å². The Morgan fingerprint density at radius 3 is 2.73 bits per heavy atom. The largest absolute Gasteiger partial charge is 0.468 e. The number of nitrogens with two attached hydrogens (primary N) is 1. The van der Waals surface area contributed by atoms with E-state index in [1.807, 2.05) is 24.3 Å². The molecule has 0 radical (unpaired) electrons. The Bertz CT molecular complexity index is 819. The standard InChI is InChI=1S/C20H22N2O4/c1-25-19(23)11-22-10-18(21)20(24)26-12-14-6-4-8-16-15-7-3-2-5-13(15)9-17(14)16/h2-8,18,22H,9-12,21H2,1H3. The van der Waals surface area contributed by atoms with Crippen molar-refractivity contribution >= 4 is 11.9 Å². The van der Waals surface area contributed by atoms with E-state index in [0.29, 0.717) is 0 Å². The van der Waals surface area contributed by atoms with Crippen LogP contribution in [-0.2, 0) is 32.1 Å². The lowest BCUT2D eigenvalue weighted by Gasteiger charge is -2.14. The van der Waals surface area contributed by atoms with Crippen LogP contribution in [0.4, 0.5) is 0 Å². The molecule has 3 rings (SSSR count). The van der Waals surface area contributed by atoms with Gasteiger partial charge in [0.1, 0.15) is 12.6 Å². The second kappa shape index (κ2) is 8.12. The molecule has 0 aromatic heterocycles. The molecule has 26 heavy (non-hydrogen) atoms. The summed E-state index contributed by atoms with van der Waals surface area (Å²) in [7, 11) is 1.30. The summed E-state index contributed by atoms with van der Waals surface area (Å²) in [5, 5.41) is 2.77. The molecule has 0 saturated carbocycles. The Labute approximate surface area is 152 Å². The fourth-order valence-corrected chi connectivity index (χ4v) is 3.10. The van der Waals surface area contributed by atoms with Gasteiger partial charge in [0.15, 0.2) is 0 Å². The molecule has 0 amide bonds. The zero-order valence-electron chi connectivity index (χ0n) is 14.7. The van der Waals surface area contributed by atoms with Gasteiger partial charge in [0.2, 0.25) is 0 Å². The number of rotatable bonds is 7. The van der Waals surface area contributed by atoms with E-state index >= 15 is 0 Å². The Morgan fingerprint density at radius 1 is 1.15 bits per heavy atom. The molecular formula is C20H22N2O4. The maximum Gasteiger partial charge on any atom is 0.324 e. The Kier molecular flexibility index (Phi) is 5.65. The van der Waals surface area contributed by atoms with E-state index in [1.165, 1.54) is 29.4 Å². The zero-order valence-corrected chi connectivity index (χ0v) is 14.7. The summed E-state index contributed by atoms with van der Waals surface area (Å²) in [6, 6.07) is 13.5. The van der Waals surface area contributed by atoms with Crippen LogP contribution in [0.25, 0.3) is 11.1 Å². The highest BCUT2D eigenvalue weighted by molar-refractivity contribution is 5.78. The molecular weight excluding hydrogens is 332 g/mol. The summed E-state index contributed by atoms with van der Waals surface area (Å²) in [6.45, 7) is 0.328. The molecule has 0 aliphatic heterocycles. The predicted octanol–water partition coefficient (Wildman–Crippen LogP) is 1.39. The van der Waals surface area contributed by atoms with Crippen LogP contribution in [-0.4, -0.2) is 38.2 Å². The number of nitrogens with one attached hydrogen (secondary N) is 1. The molecule has 0 heterocycles. The van der Waals surface area contributed by atoms with E-state index in [0.717, 1.165) is 12.0 Å². The van der Waals surface area contributed by atoms with Crippen molar-refractivity contribution in [3.05, 3.63) is 59.2 Å². The van der Waals surface area contributed by atoms with E-state index in [-0.39, 0.29) is 19.7 Å². The van der Waals surface area contributed by atoms with Gasteiger partial charge in [-0.1, -0.05) is 42.5 Å². The first-order valence-corrected chi connectivity index (χ1v) is 8.49. The Balaban J connectivity index is 1.58. The quantitative estimate of drug-likeness (QED) is 0.623. The molecule has 0 fully saturated rings. The molecule has 6 nitrogen and oxygen atoms in total. The van der Waals surface area contributed by atoms with Gasteiger partial charge in [-0.15, -0.1) is 0 Å². The normalized spacial score (nSPS) is 12.8. The highest BCUT2D eigenvalue weighted by atomic mass is 16.5. The summed E-state index contributed by atoms with van der Waals surface area (Å²) in [4.78, 5) is 23.1. The van der Waals surface area contributed by atoms with E-state index in [9.17, 15) is 9.59 Å². The minimum absolute atomic E-state index is 0.00192. The number of hydrogen-bond acceptors (Lipinski definition) is 6. The third-order valence-electron chi connectivity index (χ3n) is 4.48. The van der Waals surface area contributed by atoms with Gasteiger partial charge in [0, 0.05) is 6.54 Å². The fraction of sp³-hybridized carbons (Fsp3) is 0.300. The molecule has 2 aromatic carbocycles. The predicted molar refractivity (Wildman–Crippen MR) is 97.3 cm³/mol. The lowest BCUT2D eigenvalue weighted by molar-refractivity contribution is -0.147. The first-order chi connectivity index (χ1) is 12.6. The maximum atomic E-state index is 12.1. The van der Waals surface area contributed by atoms with Crippen molar-refractivity contribution in [1.29, 1.82) is 0 Å². The molecule has 1 unspecified atom stereocenters. The van der Waals surface area contributed by atoms with Crippen molar-refractivity contribution < 1.29 is 19.1 Å². The summed E-state index contributed by atoms with van der Waals surface area (Å²) in [6.07, 6.45) is 0.839. The molecule has 1 atom stereocenters. The van der Waals surface area contributed by atoms with Crippen molar-refractivity contribution in [2.45, 2.75) is 19.1 Å². The number of esters is 2. The first kappa shape index (κ1) is 18.1. The molecule has 0 spiro atoms. The SMILES string of the molecule is COC(=O)CNCC(N)C(=O)OCc1cccc2c1Cc1ccccc1-2. The van der Waals surface area contributed by atoms with Crippen LogP contribution in [0, 0.1) is 0 Å². The minimum Gasteiger partial charge on any atom is -0.468 e. The van der Waals surface area contributed by atoms with Gasteiger partial charge >= 0.3 is 11.9 Å². The van der Waals surface area contributed by atoms with Crippen molar-refractivity contribution in [3.63, 3.8) is 0 Å². The van der Waals surface area contributed by atoms with Crippen LogP contribution in [0.3, 0.4) is 0 Å². The second-order valence-electron chi connectivity index (χ2n) is 6.20. The van der Waals surface area contributed by atoms with E-state index in [2.05, 4.69) is 28.3 Å². The van der Waals surface area contributed by atoms with Crippen LogP contribution >= 0.6 is 0 Å². The number of methoxy groups -OCH3 is 1. The van der Waals surface area contributed by atoms with Crippen molar-refractivity contribution in [2.75, 3.05) is 20.2 Å². The summed E-state index contributed by atoms with van der Waals surface area (Å²) >= 11 is 0. The molecule has 0 bridgehead atoms. The molecule has 136 valence electrons. The first-order valence-electron chi connectivity index (χ1n) is 8.49. The maximum absolute atomic E-state index is 12.1. The third kappa shape index (κ3) is 3.92. The highest BCUT2D eigenvalue weighted by Gasteiger charge is 2.22. The Hall–Kier alpha value is -2.70. The lowest BCUT2D eigenvalue weighted by atomic mass is 10.0. The monoisotopic (exact) mass is 354 g/mol. The molecule has 0 saturated heterocycles. The van der Waals surface area contributed by atoms with E-state index in [1.54, 1.807) is 0 Å². The van der Waals surface area contributed by atoms with Crippen molar-refractivity contribution in [1.82, 2.24) is 5.32 Å². The van der Waals surface area contributed by atoms with Crippen molar-refractivity contribution in [3.8, 4) is 11.1 Å². The smallest absolute Gasteiger partial charge is 0.324 e. The third-order valence-corrected chi connectivity index (χ3v) is 4.48. The van der Waals surface area contributed by atoms with Crippen LogP contribution < -0.4 is 11.1 Å². The number of benzene rings is 2. The highest BCUT2D eigenvalue weighted by Crippen LogP contribution is 2.38. The van der Waals surface area contributed by atoms with E-state index < -0.39 is 18.0 Å². The summed E-state index contributed by atoms with van der Waals surface area (Å²) in [5.74, 6) is -0.916. The average Bonchev–Trinajstić information content (AvgIpc) is 3.05. The minimum atomic E-state index is -0.839. The second-order valence-corrected chi connectivity index (χ2v) is 6.20. The van der Waals surface area contributed by atoms with Crippen LogP contribution in [0.5, 0.6) is 0 Å². The topological polar surface area (TPSA) is 90.6 Å². The number of fused-ring (bicyclic) bond motifs is 3. The number of hydrogen-bond donors (Lipinski definition) is 2. The van der Waals surface area contributed by atoms with Gasteiger partial charge in [-0.25, -0.2) is 0 Å².